The van der Waals surface area contributed by atoms with E-state index >= 15 is 0 Å². The minimum Gasteiger partial charge on any atom is -0.368 e. The second kappa shape index (κ2) is 6.95. The second-order valence-electron chi connectivity index (χ2n) is 10.7. The largest absolute Gasteiger partial charge is 0.368 e. The molecule has 0 radical (unpaired) electrons. The molecule has 2 fully saturated rings. The summed E-state index contributed by atoms with van der Waals surface area (Å²) in [7, 11) is 0. The van der Waals surface area contributed by atoms with E-state index in [1.807, 2.05) is 6.92 Å². The summed E-state index contributed by atoms with van der Waals surface area (Å²) in [6.45, 7) is 17.4. The average molecular weight is 379 g/mol. The zero-order chi connectivity index (χ0) is 20.8. The maximum absolute atomic E-state index is 7.86. The van der Waals surface area contributed by atoms with Crippen molar-refractivity contribution in [1.29, 1.82) is 10.8 Å². The first kappa shape index (κ1) is 22.5. The van der Waals surface area contributed by atoms with Crippen LogP contribution in [0, 0.1) is 21.6 Å². The summed E-state index contributed by atoms with van der Waals surface area (Å²) in [5.74, 6) is 0. The molecule has 0 saturated carbocycles. The van der Waals surface area contributed by atoms with Crippen LogP contribution in [0.5, 0.6) is 0 Å². The third-order valence-corrected chi connectivity index (χ3v) is 8.75. The van der Waals surface area contributed by atoms with Crippen molar-refractivity contribution in [2.75, 3.05) is 0 Å². The highest BCUT2D eigenvalue weighted by Gasteiger charge is 2.67. The van der Waals surface area contributed by atoms with Gasteiger partial charge in [0.2, 0.25) is 0 Å². The quantitative estimate of drug-likeness (QED) is 0.353. The molecule has 0 aromatic rings. The van der Waals surface area contributed by atoms with E-state index in [1.165, 1.54) is 38.1 Å². The van der Waals surface area contributed by atoms with E-state index in [0.29, 0.717) is 0 Å². The highest BCUT2D eigenvalue weighted by atomic mass is 16.6. The van der Waals surface area contributed by atoms with Crippen LogP contribution in [-0.4, -0.2) is 34.8 Å². The van der Waals surface area contributed by atoms with Gasteiger partial charge in [0.25, 0.3) is 0 Å². The zero-order valence-electron chi connectivity index (χ0n) is 18.9. The molecule has 0 aromatic heterocycles. The van der Waals surface area contributed by atoms with Crippen molar-refractivity contribution >= 4 is 12.4 Å². The fourth-order valence-electron chi connectivity index (χ4n) is 5.17. The van der Waals surface area contributed by atoms with Gasteiger partial charge in [-0.25, -0.2) is 0 Å². The van der Waals surface area contributed by atoms with Crippen LogP contribution in [-0.2, 0) is 9.47 Å². The normalized spacial score (nSPS) is 42.1. The van der Waals surface area contributed by atoms with E-state index in [2.05, 4.69) is 48.5 Å². The number of ether oxygens (including phenoxy) is 2. The van der Waals surface area contributed by atoms with E-state index in [9.17, 15) is 0 Å². The van der Waals surface area contributed by atoms with Crippen molar-refractivity contribution in [3.8, 4) is 0 Å². The molecule has 0 spiro atoms. The molecule has 4 heteroatoms. The molecule has 4 nitrogen and oxygen atoms in total. The Hall–Kier alpha value is -0.740. The Bertz CT molecular complexity index is 587. The van der Waals surface area contributed by atoms with Crippen molar-refractivity contribution in [3.05, 3.63) is 0 Å². The zero-order valence-corrected chi connectivity index (χ0v) is 18.9. The number of unbranched alkanes of at least 4 members (excludes halogenated alkanes) is 4. The van der Waals surface area contributed by atoms with Gasteiger partial charge in [-0.3, -0.25) is 0 Å². The molecule has 0 aliphatic carbocycles. The van der Waals surface area contributed by atoms with Crippen LogP contribution in [0.25, 0.3) is 0 Å². The first-order valence-electron chi connectivity index (χ1n) is 10.7. The molecular formula is C23H42N2O2. The lowest BCUT2D eigenvalue weighted by atomic mass is 9.57. The molecule has 2 saturated heterocycles. The summed E-state index contributed by atoms with van der Waals surface area (Å²) in [6.07, 6.45) is 10.9. The summed E-state index contributed by atoms with van der Waals surface area (Å²) >= 11 is 0. The highest BCUT2D eigenvalue weighted by Crippen LogP contribution is 2.59. The van der Waals surface area contributed by atoms with Gasteiger partial charge in [-0.15, -0.1) is 0 Å². The van der Waals surface area contributed by atoms with E-state index in [4.69, 9.17) is 20.3 Å². The SMILES string of the molecule is CC1(C)OC(C)(CCCCCCCC2(C)OC(C)(C=N)C2(C)C=N)C1(C)C. The molecule has 0 amide bonds. The molecule has 0 aromatic carbocycles. The van der Waals surface area contributed by atoms with Gasteiger partial charge in [0.05, 0.1) is 22.2 Å². The highest BCUT2D eigenvalue weighted by molar-refractivity contribution is 5.81. The summed E-state index contributed by atoms with van der Waals surface area (Å²) in [5.41, 5.74) is -1.16. The Morgan fingerprint density at radius 3 is 1.52 bits per heavy atom. The monoisotopic (exact) mass is 378 g/mol. The molecule has 2 heterocycles. The van der Waals surface area contributed by atoms with Gasteiger partial charge in [-0.1, -0.05) is 46.0 Å². The first-order chi connectivity index (χ1) is 12.2. The molecule has 2 aliphatic heterocycles. The second-order valence-corrected chi connectivity index (χ2v) is 10.7. The third-order valence-electron chi connectivity index (χ3n) is 8.75. The predicted octanol–water partition coefficient (Wildman–Crippen LogP) is 6.16. The molecule has 4 atom stereocenters. The van der Waals surface area contributed by atoms with Crippen LogP contribution in [0.1, 0.15) is 100 Å². The van der Waals surface area contributed by atoms with Crippen LogP contribution in [0.3, 0.4) is 0 Å². The maximum atomic E-state index is 7.86. The lowest BCUT2D eigenvalue weighted by molar-refractivity contribution is -0.350. The van der Waals surface area contributed by atoms with E-state index in [0.717, 1.165) is 19.3 Å². The summed E-state index contributed by atoms with van der Waals surface area (Å²) in [5, 5.41) is 15.5. The van der Waals surface area contributed by atoms with Crippen LogP contribution in [0.4, 0.5) is 0 Å². The molecule has 2 N–H and O–H groups in total. The lowest BCUT2D eigenvalue weighted by Gasteiger charge is -2.65. The maximum Gasteiger partial charge on any atom is 0.113 e. The fraction of sp³-hybridized carbons (Fsp3) is 0.913. The van der Waals surface area contributed by atoms with E-state index < -0.39 is 11.0 Å². The topological polar surface area (TPSA) is 66.2 Å². The smallest absolute Gasteiger partial charge is 0.113 e. The summed E-state index contributed by atoms with van der Waals surface area (Å²) < 4.78 is 12.3. The van der Waals surface area contributed by atoms with Crippen molar-refractivity contribution < 1.29 is 9.47 Å². The van der Waals surface area contributed by atoms with Crippen LogP contribution in [0.15, 0.2) is 0 Å². The number of hydrogen-bond donors (Lipinski definition) is 2. The number of nitrogens with one attached hydrogen (secondary N) is 2. The van der Waals surface area contributed by atoms with E-state index in [-0.39, 0.29) is 22.2 Å². The van der Waals surface area contributed by atoms with Crippen LogP contribution >= 0.6 is 0 Å². The van der Waals surface area contributed by atoms with E-state index in [1.54, 1.807) is 0 Å². The van der Waals surface area contributed by atoms with Crippen LogP contribution in [0.2, 0.25) is 0 Å². The Labute approximate surface area is 166 Å². The lowest BCUT2D eigenvalue weighted by Crippen LogP contribution is -2.74. The van der Waals surface area contributed by atoms with Crippen molar-refractivity contribution in [2.24, 2.45) is 10.8 Å². The fourth-order valence-corrected chi connectivity index (χ4v) is 5.17. The number of rotatable bonds is 10. The molecule has 156 valence electrons. The Kier molecular flexibility index (Phi) is 5.80. The summed E-state index contributed by atoms with van der Waals surface area (Å²) in [4.78, 5) is 0. The summed E-state index contributed by atoms with van der Waals surface area (Å²) in [6, 6.07) is 0. The standard InChI is InChI=1S/C23H42N2O2/c1-18(2)19(3,4)26-21(18,6)14-12-10-9-11-13-15-22(7)20(5,16-24)23(8,17-25)27-22/h16-17,24-25H,9-15H2,1-8H3. The minimum absolute atomic E-state index is 0.00668. The molecule has 2 aliphatic rings. The van der Waals surface area contributed by atoms with Crippen molar-refractivity contribution in [1.82, 2.24) is 0 Å². The minimum atomic E-state index is -0.637. The van der Waals surface area contributed by atoms with Gasteiger partial charge in [-0.2, -0.15) is 0 Å². The molecular weight excluding hydrogens is 336 g/mol. The van der Waals surface area contributed by atoms with Crippen molar-refractivity contribution in [3.63, 3.8) is 0 Å². The molecule has 2 rings (SSSR count). The van der Waals surface area contributed by atoms with Gasteiger partial charge in [0, 0.05) is 17.8 Å². The number of hydrogen-bond acceptors (Lipinski definition) is 4. The first-order valence-corrected chi connectivity index (χ1v) is 10.7. The third kappa shape index (κ3) is 3.21. The Morgan fingerprint density at radius 1 is 0.630 bits per heavy atom. The Morgan fingerprint density at radius 2 is 1.11 bits per heavy atom. The van der Waals surface area contributed by atoms with Gasteiger partial charge >= 0.3 is 0 Å². The van der Waals surface area contributed by atoms with Gasteiger partial charge in [0.15, 0.2) is 0 Å². The molecule has 0 bridgehead atoms. The van der Waals surface area contributed by atoms with Crippen molar-refractivity contribution in [2.45, 2.75) is 123 Å². The molecule has 4 unspecified atom stereocenters. The molecule has 27 heavy (non-hydrogen) atoms. The average Bonchev–Trinajstić information content (AvgIpc) is 2.59. The van der Waals surface area contributed by atoms with Crippen LogP contribution < -0.4 is 0 Å². The Balaban J connectivity index is 1.68. The van der Waals surface area contributed by atoms with Gasteiger partial charge in [-0.05, 0) is 54.4 Å². The van der Waals surface area contributed by atoms with Gasteiger partial charge < -0.3 is 20.3 Å². The van der Waals surface area contributed by atoms with Gasteiger partial charge in [0.1, 0.15) is 5.60 Å². The predicted molar refractivity (Wildman–Crippen MR) is 113 cm³/mol.